The van der Waals surface area contributed by atoms with Crippen LogP contribution in [0, 0.1) is 13.8 Å². The predicted molar refractivity (Wildman–Crippen MR) is 88.2 cm³/mol. The number of piperidine rings is 1. The summed E-state index contributed by atoms with van der Waals surface area (Å²) in [5, 5.41) is 1.22. The van der Waals surface area contributed by atoms with Crippen LogP contribution in [0.3, 0.4) is 0 Å². The van der Waals surface area contributed by atoms with Crippen LogP contribution in [-0.4, -0.2) is 38.6 Å². The van der Waals surface area contributed by atoms with Gasteiger partial charge in [0.2, 0.25) is 10.0 Å². The molecule has 0 bridgehead atoms. The van der Waals surface area contributed by atoms with Gasteiger partial charge in [0.1, 0.15) is 5.78 Å². The van der Waals surface area contributed by atoms with E-state index in [2.05, 4.69) is 0 Å². The Bertz CT molecular complexity index is 665. The first-order valence-corrected chi connectivity index (χ1v) is 8.80. The molecule has 0 saturated carbocycles. The molecule has 2 rings (SSSR count). The number of Topliss-reactive ketones (excluding diaryl/α,β-unsaturated/α-hetero) is 1. The topological polar surface area (TPSA) is 57.7 Å². The minimum atomic E-state index is -3.48. The van der Waals surface area contributed by atoms with E-state index in [1.54, 1.807) is 6.20 Å². The number of sulfonamides is 1. The molecule has 6 heteroatoms. The summed E-state index contributed by atoms with van der Waals surface area (Å²) in [6.07, 6.45) is 2.18. The minimum Gasteiger partial charge on any atom is -0.350 e. The van der Waals surface area contributed by atoms with Gasteiger partial charge in [-0.15, -0.1) is 0 Å². The summed E-state index contributed by atoms with van der Waals surface area (Å²) < 4.78 is 26.0. The number of ketones is 1. The van der Waals surface area contributed by atoms with Crippen molar-refractivity contribution < 1.29 is 13.2 Å². The summed E-state index contributed by atoms with van der Waals surface area (Å²) in [5.74, 6) is 0.128. The molecular formula is C16H22N2O3S. The molecule has 1 heterocycles. The monoisotopic (exact) mass is 322 g/mol. The van der Waals surface area contributed by atoms with E-state index < -0.39 is 10.0 Å². The average Bonchev–Trinajstić information content (AvgIpc) is 2.45. The number of anilines is 1. The first-order valence-electron chi connectivity index (χ1n) is 7.30. The number of aryl methyl sites for hydroxylation is 2. The fourth-order valence-corrected chi connectivity index (χ4v) is 3.88. The van der Waals surface area contributed by atoms with Crippen LogP contribution < -0.4 is 4.90 Å². The summed E-state index contributed by atoms with van der Waals surface area (Å²) in [4.78, 5) is 13.0. The van der Waals surface area contributed by atoms with Crippen LogP contribution in [0.4, 0.5) is 5.69 Å². The number of hydrogen-bond donors (Lipinski definition) is 0. The van der Waals surface area contributed by atoms with E-state index in [1.165, 1.54) is 9.71 Å². The number of nitrogens with zero attached hydrogens (tertiary/aromatic N) is 2. The second-order valence-electron chi connectivity index (χ2n) is 5.62. The lowest BCUT2D eigenvalue weighted by Gasteiger charge is -2.24. The molecule has 0 spiro atoms. The van der Waals surface area contributed by atoms with Crippen LogP contribution in [0.25, 0.3) is 0 Å². The zero-order valence-corrected chi connectivity index (χ0v) is 14.1. The van der Waals surface area contributed by atoms with Crippen molar-refractivity contribution in [2.45, 2.75) is 26.7 Å². The largest absolute Gasteiger partial charge is 0.350 e. The molecule has 1 fully saturated rings. The summed E-state index contributed by atoms with van der Waals surface area (Å²) in [6.45, 7) is 4.55. The second kappa shape index (κ2) is 6.62. The van der Waals surface area contributed by atoms with Gasteiger partial charge in [0, 0.05) is 44.9 Å². The highest BCUT2D eigenvalue weighted by Crippen LogP contribution is 2.24. The quantitative estimate of drug-likeness (QED) is 0.853. The molecule has 22 heavy (non-hydrogen) atoms. The Morgan fingerprint density at radius 3 is 2.23 bits per heavy atom. The zero-order valence-electron chi connectivity index (χ0n) is 13.2. The van der Waals surface area contributed by atoms with E-state index in [0.717, 1.165) is 16.8 Å². The van der Waals surface area contributed by atoms with Crippen molar-refractivity contribution in [3.8, 4) is 0 Å². The maximum Gasteiger partial charge on any atom is 0.237 e. The number of carbonyl (C=O) groups is 1. The van der Waals surface area contributed by atoms with Crippen LogP contribution in [0.15, 0.2) is 29.8 Å². The molecule has 5 nitrogen and oxygen atoms in total. The second-order valence-corrected chi connectivity index (χ2v) is 7.44. The number of rotatable bonds is 4. The molecule has 1 aliphatic heterocycles. The Hall–Kier alpha value is -1.66. The number of carbonyl (C=O) groups excluding carboxylic acids is 1. The van der Waals surface area contributed by atoms with Gasteiger partial charge in [-0.25, -0.2) is 8.42 Å². The number of hydrogen-bond acceptors (Lipinski definition) is 4. The first kappa shape index (κ1) is 16.7. The van der Waals surface area contributed by atoms with Gasteiger partial charge in [-0.1, -0.05) is 18.2 Å². The Labute approximate surface area is 132 Å². The van der Waals surface area contributed by atoms with Gasteiger partial charge < -0.3 is 4.90 Å². The van der Waals surface area contributed by atoms with E-state index >= 15 is 0 Å². The molecule has 0 amide bonds. The highest BCUT2D eigenvalue weighted by Gasteiger charge is 2.24. The number of benzene rings is 1. The van der Waals surface area contributed by atoms with Crippen LogP contribution in [0.5, 0.6) is 0 Å². The van der Waals surface area contributed by atoms with Crippen molar-refractivity contribution >= 4 is 21.5 Å². The van der Waals surface area contributed by atoms with Gasteiger partial charge in [0.25, 0.3) is 0 Å². The van der Waals surface area contributed by atoms with Crippen LogP contribution in [0.1, 0.15) is 24.0 Å². The smallest absolute Gasteiger partial charge is 0.237 e. The molecular weight excluding hydrogens is 300 g/mol. The Morgan fingerprint density at radius 2 is 1.68 bits per heavy atom. The maximum absolute atomic E-state index is 12.3. The SMILES string of the molecule is Cc1cccc(C)c1N(C)C=CS(=O)(=O)N1CCC(=O)CC1. The third-order valence-corrected chi connectivity index (χ3v) is 5.44. The third-order valence-electron chi connectivity index (χ3n) is 3.89. The Balaban J connectivity index is 2.15. The molecule has 0 aromatic heterocycles. The van der Waals surface area contributed by atoms with E-state index in [-0.39, 0.29) is 18.9 Å². The van der Waals surface area contributed by atoms with Crippen molar-refractivity contribution in [2.24, 2.45) is 0 Å². The molecule has 0 N–H and O–H groups in total. The molecule has 1 aliphatic rings. The highest BCUT2D eigenvalue weighted by molar-refractivity contribution is 7.92. The van der Waals surface area contributed by atoms with Crippen molar-refractivity contribution in [3.63, 3.8) is 0 Å². The normalized spacial score (nSPS) is 17.1. The fraction of sp³-hybridized carbons (Fsp3) is 0.438. The lowest BCUT2D eigenvalue weighted by Crippen LogP contribution is -2.37. The fourth-order valence-electron chi connectivity index (χ4n) is 2.68. The maximum atomic E-state index is 12.3. The van der Waals surface area contributed by atoms with E-state index in [1.807, 2.05) is 44.0 Å². The molecule has 120 valence electrons. The van der Waals surface area contributed by atoms with Crippen molar-refractivity contribution in [1.29, 1.82) is 0 Å². The molecule has 1 aromatic carbocycles. The van der Waals surface area contributed by atoms with Gasteiger partial charge in [0.05, 0.1) is 5.41 Å². The summed E-state index contributed by atoms with van der Waals surface area (Å²) in [6, 6.07) is 5.97. The molecule has 0 unspecified atom stereocenters. The molecule has 1 saturated heterocycles. The zero-order chi connectivity index (χ0) is 16.3. The summed E-state index contributed by atoms with van der Waals surface area (Å²) in [5.41, 5.74) is 3.18. The highest BCUT2D eigenvalue weighted by atomic mass is 32.2. The lowest BCUT2D eigenvalue weighted by atomic mass is 10.1. The molecule has 0 aliphatic carbocycles. The Morgan fingerprint density at radius 1 is 1.14 bits per heavy atom. The van der Waals surface area contributed by atoms with Gasteiger partial charge in [0.15, 0.2) is 0 Å². The first-order chi connectivity index (χ1) is 10.3. The van der Waals surface area contributed by atoms with Crippen molar-refractivity contribution in [3.05, 3.63) is 40.9 Å². The summed E-state index contributed by atoms with van der Waals surface area (Å²) >= 11 is 0. The van der Waals surface area contributed by atoms with Gasteiger partial charge in [-0.05, 0) is 25.0 Å². The van der Waals surface area contributed by atoms with Crippen LogP contribution in [-0.2, 0) is 14.8 Å². The Kier molecular flexibility index (Phi) is 5.03. The van der Waals surface area contributed by atoms with E-state index in [9.17, 15) is 13.2 Å². The molecule has 1 aromatic rings. The van der Waals surface area contributed by atoms with Gasteiger partial charge in [-0.2, -0.15) is 4.31 Å². The van der Waals surface area contributed by atoms with Crippen LogP contribution >= 0.6 is 0 Å². The standard InChI is InChI=1S/C16H22N2O3S/c1-13-5-4-6-14(2)16(13)17(3)11-12-22(20,21)18-9-7-15(19)8-10-18/h4-6,11-12H,7-10H2,1-3H3. The van der Waals surface area contributed by atoms with Gasteiger partial charge >= 0.3 is 0 Å². The van der Waals surface area contributed by atoms with E-state index in [4.69, 9.17) is 0 Å². The average molecular weight is 322 g/mol. The van der Waals surface area contributed by atoms with Crippen LogP contribution in [0.2, 0.25) is 0 Å². The predicted octanol–water partition coefficient (Wildman–Crippen LogP) is 2.21. The molecule has 0 radical (unpaired) electrons. The van der Waals surface area contributed by atoms with Crippen molar-refractivity contribution in [1.82, 2.24) is 4.31 Å². The van der Waals surface area contributed by atoms with Crippen molar-refractivity contribution in [2.75, 3.05) is 25.0 Å². The minimum absolute atomic E-state index is 0.128. The van der Waals surface area contributed by atoms with E-state index in [0.29, 0.717) is 12.8 Å². The summed E-state index contributed by atoms with van der Waals surface area (Å²) in [7, 11) is -1.64. The van der Waals surface area contributed by atoms with Gasteiger partial charge in [-0.3, -0.25) is 4.79 Å². The lowest BCUT2D eigenvalue weighted by molar-refractivity contribution is -0.120. The number of para-hydroxylation sites is 1. The molecule has 0 atom stereocenters. The third kappa shape index (κ3) is 3.75.